The van der Waals surface area contributed by atoms with E-state index < -0.39 is 0 Å². The Labute approximate surface area is 52.4 Å². The molecule has 0 aromatic rings. The van der Waals surface area contributed by atoms with Crippen molar-refractivity contribution in [3.63, 3.8) is 0 Å². The molecular formula is C5H6N3O. The monoisotopic (exact) mass is 124 g/mol. The number of allylic oxidation sites excluding steroid dienone is 1. The first-order valence-electron chi connectivity index (χ1n) is 2.50. The van der Waals surface area contributed by atoms with Gasteiger partial charge in [-0.25, -0.2) is 0 Å². The van der Waals surface area contributed by atoms with Gasteiger partial charge in [-0.3, -0.25) is 4.79 Å². The minimum atomic E-state index is -0.379. The SMILES string of the molecule is NC(=O)CC1=CC=N[N]1. The lowest BCUT2D eigenvalue weighted by atomic mass is 10.3. The Kier molecular flexibility index (Phi) is 1.48. The van der Waals surface area contributed by atoms with Crippen LogP contribution in [0.3, 0.4) is 0 Å². The molecule has 1 radical (unpaired) electrons. The third kappa shape index (κ3) is 1.56. The average molecular weight is 124 g/mol. The topological polar surface area (TPSA) is 69.6 Å². The summed E-state index contributed by atoms with van der Waals surface area (Å²) in [5, 5.41) is 3.52. The molecule has 1 aliphatic rings. The summed E-state index contributed by atoms with van der Waals surface area (Å²) < 4.78 is 0. The Bertz CT molecular complexity index is 183. The number of hydrogen-bond acceptors (Lipinski definition) is 2. The van der Waals surface area contributed by atoms with Crippen LogP contribution in [-0.2, 0) is 4.79 Å². The zero-order valence-electron chi connectivity index (χ0n) is 4.74. The Morgan fingerprint density at radius 3 is 3.00 bits per heavy atom. The second-order valence-corrected chi connectivity index (χ2v) is 1.67. The molecule has 1 aliphatic heterocycles. The van der Waals surface area contributed by atoms with E-state index in [-0.39, 0.29) is 12.3 Å². The highest BCUT2D eigenvalue weighted by molar-refractivity contribution is 5.80. The van der Waals surface area contributed by atoms with Crippen LogP contribution < -0.4 is 11.2 Å². The van der Waals surface area contributed by atoms with Gasteiger partial charge in [0.05, 0.1) is 18.3 Å². The minimum absolute atomic E-state index is 0.181. The number of nitrogens with zero attached hydrogens (tertiary/aromatic N) is 2. The van der Waals surface area contributed by atoms with Gasteiger partial charge in [-0.1, -0.05) is 0 Å². The van der Waals surface area contributed by atoms with Crippen LogP contribution in [0.2, 0.25) is 0 Å². The van der Waals surface area contributed by atoms with E-state index in [1.54, 1.807) is 6.08 Å². The Hall–Kier alpha value is -1.32. The summed E-state index contributed by atoms with van der Waals surface area (Å²) in [6.07, 6.45) is 3.36. The Balaban J connectivity index is 2.39. The summed E-state index contributed by atoms with van der Waals surface area (Å²) >= 11 is 0. The van der Waals surface area contributed by atoms with Crippen LogP contribution in [0.15, 0.2) is 16.9 Å². The van der Waals surface area contributed by atoms with Gasteiger partial charge in [-0.2, -0.15) is 10.5 Å². The van der Waals surface area contributed by atoms with Gasteiger partial charge in [0.2, 0.25) is 5.91 Å². The van der Waals surface area contributed by atoms with Gasteiger partial charge >= 0.3 is 0 Å². The number of rotatable bonds is 2. The molecule has 0 fully saturated rings. The van der Waals surface area contributed by atoms with Gasteiger partial charge in [-0.05, 0) is 6.08 Å². The number of nitrogens with two attached hydrogens (primary N) is 1. The molecule has 0 aliphatic carbocycles. The minimum Gasteiger partial charge on any atom is -0.369 e. The van der Waals surface area contributed by atoms with Crippen molar-refractivity contribution in [2.45, 2.75) is 6.42 Å². The summed E-state index contributed by atoms with van der Waals surface area (Å²) in [5.41, 5.74) is 9.11. The lowest BCUT2D eigenvalue weighted by Crippen LogP contribution is -2.12. The molecule has 0 aromatic carbocycles. The molecule has 4 nitrogen and oxygen atoms in total. The largest absolute Gasteiger partial charge is 0.369 e. The van der Waals surface area contributed by atoms with Gasteiger partial charge in [0.25, 0.3) is 0 Å². The van der Waals surface area contributed by atoms with Gasteiger partial charge in [0, 0.05) is 0 Å². The first kappa shape index (κ1) is 5.81. The first-order chi connectivity index (χ1) is 4.29. The normalized spacial score (nSPS) is 14.9. The average Bonchev–Trinajstić information content (AvgIpc) is 2.15. The molecule has 0 atom stereocenters. The number of carbonyl (C=O) groups is 1. The maximum absolute atomic E-state index is 10.2. The van der Waals surface area contributed by atoms with Crippen LogP contribution in [0.25, 0.3) is 0 Å². The fourth-order valence-corrected chi connectivity index (χ4v) is 0.533. The summed E-state index contributed by atoms with van der Waals surface area (Å²) in [5.74, 6) is -0.379. The van der Waals surface area contributed by atoms with Crippen LogP contribution in [0.4, 0.5) is 0 Å². The van der Waals surface area contributed by atoms with Crippen molar-refractivity contribution in [2.75, 3.05) is 0 Å². The highest BCUT2D eigenvalue weighted by atomic mass is 16.1. The molecule has 0 spiro atoms. The van der Waals surface area contributed by atoms with Gasteiger partial charge in [0.15, 0.2) is 0 Å². The molecule has 1 amide bonds. The van der Waals surface area contributed by atoms with Crippen LogP contribution in [0, 0.1) is 0 Å². The smallest absolute Gasteiger partial charge is 0.223 e. The van der Waals surface area contributed by atoms with Crippen molar-refractivity contribution in [3.8, 4) is 0 Å². The fourth-order valence-electron chi connectivity index (χ4n) is 0.533. The van der Waals surface area contributed by atoms with Crippen LogP contribution >= 0.6 is 0 Å². The second-order valence-electron chi connectivity index (χ2n) is 1.67. The van der Waals surface area contributed by atoms with Crippen molar-refractivity contribution in [3.05, 3.63) is 11.8 Å². The van der Waals surface area contributed by atoms with Gasteiger partial charge in [-0.15, -0.1) is 0 Å². The molecule has 0 saturated carbocycles. The molecule has 4 heteroatoms. The van der Waals surface area contributed by atoms with Crippen molar-refractivity contribution in [2.24, 2.45) is 10.8 Å². The molecule has 0 aromatic heterocycles. The number of amides is 1. The molecule has 0 saturated heterocycles. The second kappa shape index (κ2) is 2.30. The zero-order valence-corrected chi connectivity index (χ0v) is 4.74. The lowest BCUT2D eigenvalue weighted by Gasteiger charge is -1.91. The van der Waals surface area contributed by atoms with Crippen LogP contribution in [0.1, 0.15) is 6.42 Å². The molecular weight excluding hydrogens is 118 g/mol. The third-order valence-corrected chi connectivity index (χ3v) is 0.875. The number of primary amides is 1. The van der Waals surface area contributed by atoms with E-state index >= 15 is 0 Å². The molecule has 2 N–H and O–H groups in total. The van der Waals surface area contributed by atoms with E-state index in [9.17, 15) is 4.79 Å². The van der Waals surface area contributed by atoms with E-state index in [2.05, 4.69) is 10.5 Å². The lowest BCUT2D eigenvalue weighted by molar-refractivity contribution is -0.117. The van der Waals surface area contributed by atoms with Gasteiger partial charge < -0.3 is 5.73 Å². The maximum Gasteiger partial charge on any atom is 0.223 e. The summed E-state index contributed by atoms with van der Waals surface area (Å²) in [6, 6.07) is 0. The van der Waals surface area contributed by atoms with E-state index in [0.717, 1.165) is 0 Å². The molecule has 0 unspecified atom stereocenters. The van der Waals surface area contributed by atoms with Crippen molar-refractivity contribution in [1.29, 1.82) is 0 Å². The van der Waals surface area contributed by atoms with Gasteiger partial charge in [0.1, 0.15) is 0 Å². The van der Waals surface area contributed by atoms with Crippen LogP contribution in [0.5, 0.6) is 0 Å². The molecule has 47 valence electrons. The highest BCUT2D eigenvalue weighted by Gasteiger charge is 2.04. The zero-order chi connectivity index (χ0) is 6.69. The quantitative estimate of drug-likeness (QED) is 0.522. The van der Waals surface area contributed by atoms with E-state index in [1.807, 2.05) is 0 Å². The fraction of sp³-hybridized carbons (Fsp3) is 0.200. The highest BCUT2D eigenvalue weighted by Crippen LogP contribution is 2.00. The molecule has 0 bridgehead atoms. The Morgan fingerprint density at radius 1 is 1.78 bits per heavy atom. The maximum atomic E-state index is 10.2. The first-order valence-corrected chi connectivity index (χ1v) is 2.50. The van der Waals surface area contributed by atoms with Crippen molar-refractivity contribution >= 4 is 12.1 Å². The molecule has 9 heavy (non-hydrogen) atoms. The van der Waals surface area contributed by atoms with Crippen LogP contribution in [-0.4, -0.2) is 12.1 Å². The van der Waals surface area contributed by atoms with E-state index in [4.69, 9.17) is 5.73 Å². The predicted molar refractivity (Wildman–Crippen MR) is 32.5 cm³/mol. The summed E-state index contributed by atoms with van der Waals surface area (Å²) in [6.45, 7) is 0. The number of hydrogen-bond donors (Lipinski definition) is 1. The van der Waals surface area contributed by atoms with E-state index in [1.165, 1.54) is 6.21 Å². The third-order valence-electron chi connectivity index (χ3n) is 0.875. The van der Waals surface area contributed by atoms with Crippen molar-refractivity contribution in [1.82, 2.24) is 5.43 Å². The molecule has 1 rings (SSSR count). The Morgan fingerprint density at radius 2 is 2.56 bits per heavy atom. The summed E-state index contributed by atoms with van der Waals surface area (Å²) in [7, 11) is 0. The van der Waals surface area contributed by atoms with Crippen molar-refractivity contribution < 1.29 is 4.79 Å². The standard InChI is InChI=1S/C5H6N3O/c6-5(9)3-4-1-2-7-8-4/h1-2H,3H2,(H2,6,9). The summed E-state index contributed by atoms with van der Waals surface area (Å²) in [4.78, 5) is 10.2. The predicted octanol–water partition coefficient (Wildman–Crippen LogP) is -0.651. The number of carbonyl (C=O) groups excluding carboxylic acids is 1. The van der Waals surface area contributed by atoms with E-state index in [0.29, 0.717) is 5.70 Å². The molecule has 1 heterocycles.